The number of nitrogens with one attached hydrogen (secondary N) is 3. The summed E-state index contributed by atoms with van der Waals surface area (Å²) in [4.78, 5) is 36.0. The van der Waals surface area contributed by atoms with Crippen molar-refractivity contribution in [3.8, 4) is 0 Å². The SMILES string of the molecule is CC(=O)NN(CCNC(=O)c1cc2c(Cl)c(C)ccc2n1C)S(=O)(=O)NC(=O)OC(C)(C)C. The summed E-state index contributed by atoms with van der Waals surface area (Å²) in [6.45, 7) is 7.16. The van der Waals surface area contributed by atoms with Crippen LogP contribution in [0.5, 0.6) is 0 Å². The van der Waals surface area contributed by atoms with Gasteiger partial charge in [-0.05, 0) is 45.4 Å². The number of hydrogen-bond acceptors (Lipinski definition) is 6. The van der Waals surface area contributed by atoms with Gasteiger partial charge in [0.2, 0.25) is 5.91 Å². The number of carbonyl (C=O) groups excluding carboxylic acids is 3. The molecule has 0 saturated carbocycles. The number of fused-ring (bicyclic) bond motifs is 1. The Morgan fingerprint density at radius 1 is 1.21 bits per heavy atom. The van der Waals surface area contributed by atoms with Crippen LogP contribution in [0.25, 0.3) is 10.9 Å². The highest BCUT2D eigenvalue weighted by Gasteiger charge is 2.28. The van der Waals surface area contributed by atoms with E-state index in [1.807, 2.05) is 19.1 Å². The summed E-state index contributed by atoms with van der Waals surface area (Å²) in [5.74, 6) is -1.16. The van der Waals surface area contributed by atoms with Gasteiger partial charge < -0.3 is 14.6 Å². The third kappa shape index (κ3) is 6.83. The summed E-state index contributed by atoms with van der Waals surface area (Å²) < 4.78 is 33.9. The number of amides is 3. The Bertz CT molecular complexity index is 1190. The molecule has 2 aromatic rings. The molecule has 1 aromatic heterocycles. The average Bonchev–Trinajstić information content (AvgIpc) is 2.98. The summed E-state index contributed by atoms with van der Waals surface area (Å²) >= 11 is 6.34. The predicted molar refractivity (Wildman–Crippen MR) is 124 cm³/mol. The largest absolute Gasteiger partial charge is 0.443 e. The number of benzene rings is 1. The maximum Gasteiger partial charge on any atom is 0.422 e. The number of halogens is 1. The molecule has 3 N–H and O–H groups in total. The van der Waals surface area contributed by atoms with Crippen molar-refractivity contribution in [1.29, 1.82) is 0 Å². The van der Waals surface area contributed by atoms with Crippen LogP contribution in [-0.2, 0) is 26.8 Å². The number of ether oxygens (including phenoxy) is 1. The number of hydrazine groups is 1. The first kappa shape index (κ1) is 26.4. The lowest BCUT2D eigenvalue weighted by molar-refractivity contribution is -0.121. The van der Waals surface area contributed by atoms with Crippen molar-refractivity contribution < 1.29 is 27.5 Å². The first-order valence-electron chi connectivity index (χ1n) is 9.96. The van der Waals surface area contributed by atoms with Gasteiger partial charge in [-0.1, -0.05) is 22.1 Å². The first-order valence-corrected chi connectivity index (χ1v) is 11.8. The van der Waals surface area contributed by atoms with E-state index in [0.717, 1.165) is 18.0 Å². The topological polar surface area (TPSA) is 139 Å². The van der Waals surface area contributed by atoms with Crippen molar-refractivity contribution in [2.24, 2.45) is 7.05 Å². The van der Waals surface area contributed by atoms with Gasteiger partial charge in [0.1, 0.15) is 11.3 Å². The predicted octanol–water partition coefficient (Wildman–Crippen LogP) is 1.99. The van der Waals surface area contributed by atoms with Crippen LogP contribution in [0.15, 0.2) is 18.2 Å². The van der Waals surface area contributed by atoms with Crippen LogP contribution >= 0.6 is 11.6 Å². The van der Waals surface area contributed by atoms with Crippen molar-refractivity contribution >= 4 is 50.6 Å². The summed E-state index contributed by atoms with van der Waals surface area (Å²) in [6.07, 6.45) is -1.20. The van der Waals surface area contributed by atoms with Crippen molar-refractivity contribution in [3.05, 3.63) is 34.5 Å². The van der Waals surface area contributed by atoms with Gasteiger partial charge in [-0.3, -0.25) is 15.0 Å². The highest BCUT2D eigenvalue weighted by Crippen LogP contribution is 2.29. The van der Waals surface area contributed by atoms with Crippen molar-refractivity contribution in [2.45, 2.75) is 40.2 Å². The minimum atomic E-state index is -4.49. The molecule has 0 bridgehead atoms. The first-order chi connectivity index (χ1) is 15.1. The molecule has 0 spiro atoms. The van der Waals surface area contributed by atoms with Gasteiger partial charge in [-0.2, -0.15) is 8.42 Å². The van der Waals surface area contributed by atoms with E-state index in [0.29, 0.717) is 20.5 Å². The highest BCUT2D eigenvalue weighted by atomic mass is 35.5. The normalized spacial score (nSPS) is 12.0. The Kier molecular flexibility index (Phi) is 7.99. The Morgan fingerprint density at radius 3 is 2.42 bits per heavy atom. The lowest BCUT2D eigenvalue weighted by atomic mass is 10.2. The van der Waals surface area contributed by atoms with Gasteiger partial charge in [-0.25, -0.2) is 9.52 Å². The van der Waals surface area contributed by atoms with Crippen LogP contribution < -0.4 is 15.5 Å². The Labute approximate surface area is 197 Å². The van der Waals surface area contributed by atoms with Crippen LogP contribution in [0.3, 0.4) is 0 Å². The lowest BCUT2D eigenvalue weighted by Gasteiger charge is -2.24. The molecule has 0 saturated heterocycles. The minimum absolute atomic E-state index is 0.164. The third-order valence-corrected chi connectivity index (χ3v) is 6.15. The van der Waals surface area contributed by atoms with Crippen molar-refractivity contribution in [1.82, 2.24) is 24.4 Å². The van der Waals surface area contributed by atoms with E-state index in [4.69, 9.17) is 16.3 Å². The van der Waals surface area contributed by atoms with Gasteiger partial charge in [-0.15, -0.1) is 0 Å². The maximum atomic E-state index is 12.7. The third-order valence-electron chi connectivity index (χ3n) is 4.37. The van der Waals surface area contributed by atoms with E-state index < -0.39 is 33.7 Å². The molecule has 0 aliphatic heterocycles. The average molecular weight is 502 g/mol. The molecule has 0 aliphatic rings. The fourth-order valence-electron chi connectivity index (χ4n) is 2.94. The molecule has 182 valence electrons. The van der Waals surface area contributed by atoms with Crippen LogP contribution in [0.4, 0.5) is 4.79 Å². The maximum absolute atomic E-state index is 12.7. The molecule has 13 heteroatoms. The zero-order chi connectivity index (χ0) is 25.1. The molecule has 0 radical (unpaired) electrons. The van der Waals surface area contributed by atoms with E-state index in [2.05, 4.69) is 10.7 Å². The van der Waals surface area contributed by atoms with Crippen molar-refractivity contribution in [3.63, 3.8) is 0 Å². The summed E-state index contributed by atoms with van der Waals surface area (Å²) in [5.41, 5.74) is 3.14. The van der Waals surface area contributed by atoms with Gasteiger partial charge in [0.05, 0.1) is 11.6 Å². The molecular weight excluding hydrogens is 474 g/mol. The molecule has 0 aliphatic carbocycles. The standard InChI is InChI=1S/C20H28ClN5O6S/c1-12-7-8-15-14(17(12)21)11-16(25(15)6)18(28)22-9-10-26(23-13(2)27)33(30,31)24-19(29)32-20(3,4)5/h7-8,11H,9-10H2,1-6H3,(H,22,28)(H,23,27)(H,24,29). The second-order valence-electron chi connectivity index (χ2n) is 8.32. The number of aryl methyl sites for hydroxylation is 2. The fourth-order valence-corrected chi connectivity index (χ4v) is 4.09. The Hall–Kier alpha value is -2.83. The minimum Gasteiger partial charge on any atom is -0.443 e. The number of nitrogens with zero attached hydrogens (tertiary/aromatic N) is 2. The smallest absolute Gasteiger partial charge is 0.422 e. The van der Waals surface area contributed by atoms with Gasteiger partial charge in [0.15, 0.2) is 0 Å². The molecule has 11 nitrogen and oxygen atoms in total. The highest BCUT2D eigenvalue weighted by molar-refractivity contribution is 7.87. The Morgan fingerprint density at radius 2 is 1.85 bits per heavy atom. The molecule has 0 unspecified atom stereocenters. The molecular formula is C20H28ClN5O6S. The van der Waals surface area contributed by atoms with E-state index in [-0.39, 0.29) is 13.1 Å². The van der Waals surface area contributed by atoms with Gasteiger partial charge in [0.25, 0.3) is 5.91 Å². The molecule has 0 atom stereocenters. The van der Waals surface area contributed by atoms with E-state index in [1.54, 1.807) is 43.2 Å². The van der Waals surface area contributed by atoms with E-state index in [9.17, 15) is 22.8 Å². The van der Waals surface area contributed by atoms with Gasteiger partial charge >= 0.3 is 16.3 Å². The Balaban J connectivity index is 2.11. The second-order valence-corrected chi connectivity index (χ2v) is 10.3. The van der Waals surface area contributed by atoms with Crippen LogP contribution in [0.1, 0.15) is 43.7 Å². The number of aromatic nitrogens is 1. The van der Waals surface area contributed by atoms with E-state index >= 15 is 0 Å². The molecule has 1 heterocycles. The summed E-state index contributed by atoms with van der Waals surface area (Å²) in [7, 11) is -2.78. The molecule has 0 fully saturated rings. The lowest BCUT2D eigenvalue weighted by Crippen LogP contribution is -2.54. The number of rotatable bonds is 7. The summed E-state index contributed by atoms with van der Waals surface area (Å²) in [5, 5.41) is 3.85. The van der Waals surface area contributed by atoms with Crippen LogP contribution in [0, 0.1) is 6.92 Å². The van der Waals surface area contributed by atoms with Crippen molar-refractivity contribution in [2.75, 3.05) is 13.1 Å². The molecule has 3 amide bonds. The molecule has 1 aromatic carbocycles. The zero-order valence-corrected chi connectivity index (χ0v) is 20.8. The number of carbonyl (C=O) groups is 3. The molecule has 2 rings (SSSR count). The zero-order valence-electron chi connectivity index (χ0n) is 19.3. The quantitative estimate of drug-likeness (QED) is 0.496. The fraction of sp³-hybridized carbons (Fsp3) is 0.450. The van der Waals surface area contributed by atoms with E-state index in [1.165, 1.54) is 0 Å². The van der Waals surface area contributed by atoms with Gasteiger partial charge in [0, 0.05) is 31.4 Å². The number of hydrogen-bond donors (Lipinski definition) is 3. The monoisotopic (exact) mass is 501 g/mol. The molecule has 33 heavy (non-hydrogen) atoms. The second kappa shape index (κ2) is 9.98. The summed E-state index contributed by atoms with van der Waals surface area (Å²) in [6, 6.07) is 5.34. The van der Waals surface area contributed by atoms with Crippen LogP contribution in [0.2, 0.25) is 5.02 Å². The van der Waals surface area contributed by atoms with Crippen LogP contribution in [-0.4, -0.2) is 54.0 Å².